The molecule has 200 valence electrons. The first-order chi connectivity index (χ1) is 17.1. The summed E-state index contributed by atoms with van der Waals surface area (Å²) in [6, 6.07) is 0.286. The van der Waals surface area contributed by atoms with E-state index in [0.29, 0.717) is 6.54 Å². The second kappa shape index (κ2) is 18.3. The standard InChI is InChI=1S/C31H50N4O/c1-12-20-32-26(11)27(13-2)21-29(35(23(7)8)34-17-6)22-33-28(14-3)19-18-24(9)25(10)30(15-4)31(36)16-5/h13,15-17,21,28,32-33,36H,4,7,9,11-12,14,18-20,22H2,1-3,5-6,8,10H3/b27-13-,29-21-,30-25+,31-16+,34-17-. The van der Waals surface area contributed by atoms with Gasteiger partial charge in [0.05, 0.1) is 5.70 Å². The van der Waals surface area contributed by atoms with Gasteiger partial charge >= 0.3 is 0 Å². The maximum Gasteiger partial charge on any atom is 0.118 e. The number of hydrogen-bond acceptors (Lipinski definition) is 5. The lowest BCUT2D eigenvalue weighted by atomic mass is 9.95. The van der Waals surface area contributed by atoms with Gasteiger partial charge in [-0.2, -0.15) is 5.10 Å². The molecule has 1 atom stereocenters. The van der Waals surface area contributed by atoms with Crippen molar-refractivity contribution in [3.05, 3.63) is 95.8 Å². The first-order valence-electron chi connectivity index (χ1n) is 13.0. The van der Waals surface area contributed by atoms with Crippen molar-refractivity contribution < 1.29 is 5.11 Å². The summed E-state index contributed by atoms with van der Waals surface area (Å²) in [5.74, 6) is 0.231. The van der Waals surface area contributed by atoms with Crippen molar-refractivity contribution in [2.24, 2.45) is 5.10 Å². The quantitative estimate of drug-likeness (QED) is 0.0786. The van der Waals surface area contributed by atoms with E-state index >= 15 is 0 Å². The van der Waals surface area contributed by atoms with Gasteiger partial charge in [0.15, 0.2) is 0 Å². The van der Waals surface area contributed by atoms with Crippen LogP contribution in [0.4, 0.5) is 0 Å². The molecule has 0 bridgehead atoms. The van der Waals surface area contributed by atoms with Crippen LogP contribution in [0.2, 0.25) is 0 Å². The summed E-state index contributed by atoms with van der Waals surface area (Å²) in [5.41, 5.74) is 6.47. The minimum Gasteiger partial charge on any atom is -0.508 e. The Balaban J connectivity index is 5.74. The Morgan fingerprint density at radius 3 is 2.22 bits per heavy atom. The normalized spacial score (nSPS) is 14.4. The highest BCUT2D eigenvalue weighted by molar-refractivity contribution is 5.53. The Labute approximate surface area is 221 Å². The van der Waals surface area contributed by atoms with Gasteiger partial charge in [0.1, 0.15) is 5.76 Å². The van der Waals surface area contributed by atoms with Crippen molar-refractivity contribution in [1.82, 2.24) is 15.6 Å². The fraction of sp³-hybridized carbons (Fsp3) is 0.452. The molecule has 0 saturated heterocycles. The zero-order valence-electron chi connectivity index (χ0n) is 23.9. The molecule has 5 nitrogen and oxygen atoms in total. The largest absolute Gasteiger partial charge is 0.508 e. The average Bonchev–Trinajstić information content (AvgIpc) is 2.87. The monoisotopic (exact) mass is 494 g/mol. The fourth-order valence-corrected chi connectivity index (χ4v) is 3.65. The Bertz CT molecular complexity index is 915. The van der Waals surface area contributed by atoms with E-state index in [4.69, 9.17) is 0 Å². The number of nitrogens with one attached hydrogen (secondary N) is 2. The topological polar surface area (TPSA) is 59.9 Å². The molecule has 0 aliphatic heterocycles. The van der Waals surface area contributed by atoms with E-state index in [2.05, 4.69) is 68.1 Å². The summed E-state index contributed by atoms with van der Waals surface area (Å²) in [6.07, 6.45) is 13.1. The van der Waals surface area contributed by atoms with Gasteiger partial charge in [0, 0.05) is 42.3 Å². The van der Waals surface area contributed by atoms with E-state index in [1.54, 1.807) is 18.4 Å². The van der Waals surface area contributed by atoms with E-state index < -0.39 is 0 Å². The van der Waals surface area contributed by atoms with Crippen molar-refractivity contribution in [2.45, 2.75) is 80.2 Å². The summed E-state index contributed by atoms with van der Waals surface area (Å²) in [7, 11) is 0. The van der Waals surface area contributed by atoms with Gasteiger partial charge in [-0.1, -0.05) is 57.9 Å². The first-order valence-corrected chi connectivity index (χ1v) is 13.0. The molecule has 0 aliphatic carbocycles. The molecular weight excluding hydrogens is 444 g/mol. The molecule has 0 amide bonds. The fourth-order valence-electron chi connectivity index (χ4n) is 3.65. The lowest BCUT2D eigenvalue weighted by Crippen LogP contribution is -2.34. The van der Waals surface area contributed by atoms with Crippen LogP contribution in [0.25, 0.3) is 0 Å². The molecule has 0 spiro atoms. The molecule has 0 saturated carbocycles. The molecular formula is C31H50N4O. The third-order valence-electron chi connectivity index (χ3n) is 5.98. The van der Waals surface area contributed by atoms with Gasteiger partial charge in [-0.15, -0.1) is 0 Å². The van der Waals surface area contributed by atoms with Crippen molar-refractivity contribution in [3.63, 3.8) is 0 Å². The number of hydrogen-bond donors (Lipinski definition) is 3. The molecule has 0 aliphatic rings. The average molecular weight is 495 g/mol. The Morgan fingerprint density at radius 1 is 1.08 bits per heavy atom. The molecule has 1 unspecified atom stereocenters. The Kier molecular flexibility index (Phi) is 16.7. The van der Waals surface area contributed by atoms with Gasteiger partial charge in [-0.05, 0) is 83.6 Å². The summed E-state index contributed by atoms with van der Waals surface area (Å²) >= 11 is 0. The van der Waals surface area contributed by atoms with Crippen LogP contribution in [-0.4, -0.2) is 35.5 Å². The summed E-state index contributed by atoms with van der Waals surface area (Å²) in [5, 5.41) is 23.7. The zero-order valence-corrected chi connectivity index (χ0v) is 23.9. The van der Waals surface area contributed by atoms with Gasteiger partial charge < -0.3 is 15.7 Å². The van der Waals surface area contributed by atoms with Crippen molar-refractivity contribution >= 4 is 6.21 Å². The molecule has 0 fully saturated rings. The minimum atomic E-state index is 0.231. The molecule has 0 aromatic heterocycles. The van der Waals surface area contributed by atoms with Crippen molar-refractivity contribution in [2.75, 3.05) is 13.1 Å². The maximum atomic E-state index is 10.2. The van der Waals surface area contributed by atoms with Crippen LogP contribution in [0.1, 0.15) is 74.1 Å². The van der Waals surface area contributed by atoms with Gasteiger partial charge in [-0.3, -0.25) is 0 Å². The van der Waals surface area contributed by atoms with Gasteiger partial charge in [-0.25, -0.2) is 5.01 Å². The summed E-state index contributed by atoms with van der Waals surface area (Å²) in [4.78, 5) is 0. The van der Waals surface area contributed by atoms with Crippen LogP contribution in [0, 0.1) is 0 Å². The highest BCUT2D eigenvalue weighted by Crippen LogP contribution is 2.24. The molecule has 5 heteroatoms. The zero-order chi connectivity index (χ0) is 27.7. The van der Waals surface area contributed by atoms with E-state index in [1.165, 1.54) is 0 Å². The number of aliphatic hydroxyl groups excluding tert-OH is 1. The second-order valence-corrected chi connectivity index (χ2v) is 8.75. The molecule has 0 rings (SSSR count). The highest BCUT2D eigenvalue weighted by Gasteiger charge is 2.15. The molecule has 3 N–H and O–H groups in total. The van der Waals surface area contributed by atoms with E-state index in [-0.39, 0.29) is 11.8 Å². The van der Waals surface area contributed by atoms with E-state index in [9.17, 15) is 5.11 Å². The Morgan fingerprint density at radius 2 is 1.75 bits per heavy atom. The molecule has 36 heavy (non-hydrogen) atoms. The molecule has 0 heterocycles. The maximum absolute atomic E-state index is 10.2. The van der Waals surface area contributed by atoms with Crippen LogP contribution < -0.4 is 10.6 Å². The van der Waals surface area contributed by atoms with Crippen LogP contribution in [-0.2, 0) is 0 Å². The predicted molar refractivity (Wildman–Crippen MR) is 160 cm³/mol. The van der Waals surface area contributed by atoms with Crippen molar-refractivity contribution in [1.29, 1.82) is 0 Å². The summed E-state index contributed by atoms with van der Waals surface area (Å²) in [6.45, 7) is 31.9. The number of rotatable bonds is 18. The van der Waals surface area contributed by atoms with Crippen LogP contribution in [0.5, 0.6) is 0 Å². The molecule has 0 radical (unpaired) electrons. The second-order valence-electron chi connectivity index (χ2n) is 8.75. The number of allylic oxidation sites excluding steroid dienone is 7. The number of aliphatic hydroxyl groups is 1. The Hall–Kier alpha value is -3.05. The van der Waals surface area contributed by atoms with E-state index in [1.807, 2.05) is 39.6 Å². The third-order valence-corrected chi connectivity index (χ3v) is 5.98. The van der Waals surface area contributed by atoms with Crippen molar-refractivity contribution in [3.8, 4) is 0 Å². The molecule has 0 aromatic carbocycles. The lowest BCUT2D eigenvalue weighted by Gasteiger charge is -2.26. The molecule has 0 aromatic rings. The smallest absolute Gasteiger partial charge is 0.118 e. The third kappa shape index (κ3) is 11.1. The van der Waals surface area contributed by atoms with Crippen LogP contribution in [0.15, 0.2) is 101 Å². The minimum absolute atomic E-state index is 0.231. The highest BCUT2D eigenvalue weighted by atomic mass is 16.3. The number of nitrogens with zero attached hydrogens (tertiary/aromatic N) is 2. The predicted octanol–water partition coefficient (Wildman–Crippen LogP) is 7.84. The lowest BCUT2D eigenvalue weighted by molar-refractivity contribution is 0.409. The van der Waals surface area contributed by atoms with E-state index in [0.717, 1.165) is 71.6 Å². The van der Waals surface area contributed by atoms with Crippen LogP contribution in [0.3, 0.4) is 0 Å². The first kappa shape index (κ1) is 33.0. The van der Waals surface area contributed by atoms with Gasteiger partial charge in [0.25, 0.3) is 0 Å². The van der Waals surface area contributed by atoms with Gasteiger partial charge in [0.2, 0.25) is 0 Å². The SMILES string of the molecule is C=CC(/C(O)=C\C)=C(/C)C(=C)CCC(CC)NC/C(=C/C(=C/C)C(=C)NCCC)N(/N=C\C)C(=C)C. The summed E-state index contributed by atoms with van der Waals surface area (Å²) < 4.78 is 0. The number of hydrazone groups is 1. The van der Waals surface area contributed by atoms with Crippen LogP contribution >= 0.6 is 0 Å².